The van der Waals surface area contributed by atoms with Gasteiger partial charge in [-0.05, 0) is 35.9 Å². The Kier molecular flexibility index (Phi) is 3.62. The number of esters is 1. The summed E-state index contributed by atoms with van der Waals surface area (Å²) >= 11 is 6.18. The van der Waals surface area contributed by atoms with Gasteiger partial charge in [0.15, 0.2) is 5.58 Å². The number of oxazole rings is 1. The van der Waals surface area contributed by atoms with Crippen LogP contribution in [0.2, 0.25) is 5.02 Å². The Bertz CT molecular complexity index is 1150. The van der Waals surface area contributed by atoms with Crippen molar-refractivity contribution in [1.29, 1.82) is 0 Å². The average Bonchev–Trinajstić information content (AvgIpc) is 3.27. The predicted octanol–water partition coefficient (Wildman–Crippen LogP) is 4.24. The summed E-state index contributed by atoms with van der Waals surface area (Å²) in [6.07, 6.45) is 0. The van der Waals surface area contributed by atoms with Crippen LogP contribution >= 0.6 is 11.6 Å². The van der Waals surface area contributed by atoms with Gasteiger partial charge in [-0.3, -0.25) is 4.79 Å². The second-order valence-electron chi connectivity index (χ2n) is 6.63. The van der Waals surface area contributed by atoms with E-state index in [-0.39, 0.29) is 5.97 Å². The maximum atomic E-state index is 12.6. The number of anilines is 1. The van der Waals surface area contributed by atoms with Gasteiger partial charge in [0, 0.05) is 28.2 Å². The van der Waals surface area contributed by atoms with E-state index in [0.717, 1.165) is 33.3 Å². The highest BCUT2D eigenvalue weighted by atomic mass is 35.5. The van der Waals surface area contributed by atoms with E-state index in [0.29, 0.717) is 24.1 Å². The third-order valence-corrected chi connectivity index (χ3v) is 5.26. The number of rotatable bonds is 2. The van der Waals surface area contributed by atoms with Crippen LogP contribution in [0.25, 0.3) is 22.0 Å². The molecule has 27 heavy (non-hydrogen) atoms. The van der Waals surface area contributed by atoms with E-state index in [2.05, 4.69) is 9.97 Å². The number of carbonyl (C=O) groups is 1. The van der Waals surface area contributed by atoms with Gasteiger partial charge < -0.3 is 19.0 Å². The Labute approximate surface area is 159 Å². The first kappa shape index (κ1) is 16.2. The zero-order valence-electron chi connectivity index (χ0n) is 14.5. The molecule has 0 aliphatic carbocycles. The van der Waals surface area contributed by atoms with E-state index in [4.69, 9.17) is 20.8 Å². The molecule has 2 aromatic heterocycles. The van der Waals surface area contributed by atoms with Gasteiger partial charge in [-0.15, -0.1) is 0 Å². The summed E-state index contributed by atoms with van der Waals surface area (Å²) in [6, 6.07) is 13.7. The Hall–Kier alpha value is -2.99. The second kappa shape index (κ2) is 6.03. The lowest BCUT2D eigenvalue weighted by atomic mass is 9.92. The molecule has 1 unspecified atom stereocenters. The molecular weight excluding hydrogens is 366 g/mol. The smallest absolute Gasteiger partial charge is 0.315 e. The molecule has 4 aromatic rings. The molecule has 0 amide bonds. The number of nitrogens with one attached hydrogen (secondary N) is 1. The molecule has 1 N–H and O–H groups in total. The van der Waals surface area contributed by atoms with Gasteiger partial charge in [0.1, 0.15) is 11.4 Å². The van der Waals surface area contributed by atoms with Crippen molar-refractivity contribution in [1.82, 2.24) is 9.97 Å². The zero-order chi connectivity index (χ0) is 18.5. The van der Waals surface area contributed by atoms with Crippen LogP contribution in [0.15, 0.2) is 46.9 Å². The number of halogens is 1. The summed E-state index contributed by atoms with van der Waals surface area (Å²) in [4.78, 5) is 22.5. The summed E-state index contributed by atoms with van der Waals surface area (Å²) < 4.78 is 11.0. The molecule has 2 aromatic carbocycles. The van der Waals surface area contributed by atoms with Crippen LogP contribution in [0, 0.1) is 0 Å². The van der Waals surface area contributed by atoms with Crippen molar-refractivity contribution in [2.45, 2.75) is 12.5 Å². The van der Waals surface area contributed by atoms with Gasteiger partial charge in [-0.25, -0.2) is 0 Å². The summed E-state index contributed by atoms with van der Waals surface area (Å²) in [6.45, 7) is 0.980. The van der Waals surface area contributed by atoms with Crippen LogP contribution in [-0.2, 0) is 16.1 Å². The number of carbonyl (C=O) groups excluding carboxylic acids is 1. The molecule has 0 fully saturated rings. The molecule has 7 heteroatoms. The number of ether oxygens (including phenoxy) is 1. The van der Waals surface area contributed by atoms with Crippen molar-refractivity contribution < 1.29 is 13.9 Å². The molecule has 3 heterocycles. The lowest BCUT2D eigenvalue weighted by Crippen LogP contribution is -2.37. The van der Waals surface area contributed by atoms with Crippen molar-refractivity contribution in [3.63, 3.8) is 0 Å². The Morgan fingerprint density at radius 2 is 2.19 bits per heavy atom. The highest BCUT2D eigenvalue weighted by molar-refractivity contribution is 6.31. The summed E-state index contributed by atoms with van der Waals surface area (Å²) in [7, 11) is 1.40. The minimum atomic E-state index is -0.457. The highest BCUT2D eigenvalue weighted by Gasteiger charge is 2.36. The average molecular weight is 382 g/mol. The molecule has 136 valence electrons. The number of nitrogens with zero attached hydrogens (tertiary/aromatic N) is 2. The number of hydrogen-bond donors (Lipinski definition) is 1. The molecule has 6 nitrogen and oxygen atoms in total. The fourth-order valence-electron chi connectivity index (χ4n) is 3.81. The molecule has 1 aliphatic heterocycles. The van der Waals surface area contributed by atoms with E-state index in [1.54, 1.807) is 0 Å². The first-order valence-corrected chi connectivity index (χ1v) is 9.00. The number of hydrogen-bond acceptors (Lipinski definition) is 5. The normalized spacial score (nSPS) is 16.7. The van der Waals surface area contributed by atoms with Crippen molar-refractivity contribution in [2.24, 2.45) is 0 Å². The highest BCUT2D eigenvalue weighted by Crippen LogP contribution is 2.38. The van der Waals surface area contributed by atoms with E-state index < -0.39 is 5.92 Å². The fraction of sp³-hybridized carbons (Fsp3) is 0.200. The zero-order valence-corrected chi connectivity index (χ0v) is 15.3. The lowest BCUT2D eigenvalue weighted by molar-refractivity contribution is -0.142. The number of aromatic nitrogens is 2. The van der Waals surface area contributed by atoms with E-state index in [9.17, 15) is 4.79 Å². The standard InChI is InChI=1S/C20H16ClN3O3/c1-26-19(25)13-9-24(20-23-15-4-2-3-5-17(15)27-20)10-16-18(13)12-8-11(21)6-7-14(12)22-16/h2-8,13,22H,9-10H2,1H3. The van der Waals surface area contributed by atoms with Gasteiger partial charge in [0.2, 0.25) is 0 Å². The maximum absolute atomic E-state index is 12.6. The van der Waals surface area contributed by atoms with E-state index >= 15 is 0 Å². The van der Waals surface area contributed by atoms with Crippen LogP contribution in [-0.4, -0.2) is 29.6 Å². The quantitative estimate of drug-likeness (QED) is 0.526. The minimum Gasteiger partial charge on any atom is -0.468 e. The van der Waals surface area contributed by atoms with Crippen LogP contribution in [0.3, 0.4) is 0 Å². The van der Waals surface area contributed by atoms with Crippen LogP contribution in [0.5, 0.6) is 0 Å². The molecule has 1 aliphatic rings. The molecule has 0 radical (unpaired) electrons. The SMILES string of the molecule is COC(=O)C1CN(c2nc3ccccc3o2)Cc2[nH]c3ccc(Cl)cc3c21. The Balaban J connectivity index is 1.64. The molecule has 0 spiro atoms. The van der Waals surface area contributed by atoms with Crippen molar-refractivity contribution >= 4 is 45.6 Å². The van der Waals surface area contributed by atoms with Crippen LogP contribution in [0.1, 0.15) is 17.2 Å². The monoisotopic (exact) mass is 381 g/mol. The third kappa shape index (κ3) is 2.56. The molecular formula is C20H16ClN3O3. The molecule has 5 rings (SSSR count). The number of para-hydroxylation sites is 2. The molecule has 1 atom stereocenters. The van der Waals surface area contributed by atoms with Gasteiger partial charge in [-0.1, -0.05) is 23.7 Å². The summed E-state index contributed by atoms with van der Waals surface area (Å²) in [5.74, 6) is -0.751. The number of benzene rings is 2. The van der Waals surface area contributed by atoms with Gasteiger partial charge in [0.05, 0.1) is 13.7 Å². The Morgan fingerprint density at radius 1 is 1.33 bits per heavy atom. The molecule has 0 bridgehead atoms. The lowest BCUT2D eigenvalue weighted by Gasteiger charge is -2.30. The second-order valence-corrected chi connectivity index (χ2v) is 7.06. The number of fused-ring (bicyclic) bond motifs is 4. The Morgan fingerprint density at radius 3 is 3.00 bits per heavy atom. The van der Waals surface area contributed by atoms with Gasteiger partial charge in [0.25, 0.3) is 6.01 Å². The third-order valence-electron chi connectivity index (χ3n) is 5.02. The number of methoxy groups -OCH3 is 1. The van der Waals surface area contributed by atoms with Crippen molar-refractivity contribution in [3.05, 3.63) is 58.7 Å². The summed E-state index contributed by atoms with van der Waals surface area (Å²) in [5.41, 5.74) is 4.33. The fourth-order valence-corrected chi connectivity index (χ4v) is 3.98. The van der Waals surface area contributed by atoms with Gasteiger partial charge in [-0.2, -0.15) is 4.98 Å². The topological polar surface area (TPSA) is 71.4 Å². The van der Waals surface area contributed by atoms with Gasteiger partial charge >= 0.3 is 5.97 Å². The maximum Gasteiger partial charge on any atom is 0.315 e. The first-order valence-electron chi connectivity index (χ1n) is 8.62. The first-order chi connectivity index (χ1) is 13.1. The van der Waals surface area contributed by atoms with E-state index in [1.807, 2.05) is 47.4 Å². The van der Waals surface area contributed by atoms with Crippen LogP contribution in [0.4, 0.5) is 6.01 Å². The summed E-state index contributed by atoms with van der Waals surface area (Å²) in [5, 5.41) is 1.58. The predicted molar refractivity (Wildman–Crippen MR) is 103 cm³/mol. The van der Waals surface area contributed by atoms with E-state index in [1.165, 1.54) is 7.11 Å². The molecule has 0 saturated heterocycles. The minimum absolute atomic E-state index is 0.294. The molecule has 0 saturated carbocycles. The number of H-pyrrole nitrogens is 1. The van der Waals surface area contributed by atoms with Crippen molar-refractivity contribution in [3.8, 4) is 0 Å². The number of aromatic amines is 1. The van der Waals surface area contributed by atoms with Crippen LogP contribution < -0.4 is 4.90 Å². The van der Waals surface area contributed by atoms with Crippen molar-refractivity contribution in [2.75, 3.05) is 18.6 Å². The largest absolute Gasteiger partial charge is 0.468 e.